The number of fused-ring (bicyclic) bond motifs is 1. The molecule has 2 heterocycles. The predicted octanol–water partition coefficient (Wildman–Crippen LogP) is -1.46. The maximum Gasteiger partial charge on any atom is 0.211 e. The van der Waals surface area contributed by atoms with Gasteiger partial charge in [0.25, 0.3) is 0 Å². The van der Waals surface area contributed by atoms with Gasteiger partial charge in [-0.25, -0.2) is 0 Å². The highest BCUT2D eigenvalue weighted by Gasteiger charge is 2.57. The Morgan fingerprint density at radius 3 is 2.36 bits per heavy atom. The summed E-state index contributed by atoms with van der Waals surface area (Å²) in [6.07, 6.45) is -2.02. The van der Waals surface area contributed by atoms with Crippen molar-refractivity contribution < 1.29 is 24.2 Å². The van der Waals surface area contributed by atoms with Crippen LogP contribution in [-0.4, -0.2) is 73.1 Å². The summed E-state index contributed by atoms with van der Waals surface area (Å²) < 4.78 is 11.3. The average molecular weight is 204 g/mol. The van der Waals surface area contributed by atoms with Gasteiger partial charge in [0.15, 0.2) is 6.04 Å². The van der Waals surface area contributed by atoms with Crippen molar-refractivity contribution in [3.8, 4) is 0 Å². The maximum atomic E-state index is 9.72. The van der Waals surface area contributed by atoms with Crippen LogP contribution in [0.3, 0.4) is 0 Å². The Morgan fingerprint density at radius 2 is 1.79 bits per heavy atom. The fourth-order valence-electron chi connectivity index (χ4n) is 2.31. The fraction of sp³-hybridized carbons (Fsp3) is 1.00. The highest BCUT2D eigenvalue weighted by molar-refractivity contribution is 4.96. The first kappa shape index (κ1) is 10.3. The van der Waals surface area contributed by atoms with Crippen molar-refractivity contribution in [3.05, 3.63) is 0 Å². The molecule has 0 spiro atoms. The molecule has 0 saturated carbocycles. The fourth-order valence-corrected chi connectivity index (χ4v) is 2.31. The van der Waals surface area contributed by atoms with Crippen LogP contribution in [0.15, 0.2) is 0 Å². The van der Waals surface area contributed by atoms with Crippen molar-refractivity contribution in [1.82, 2.24) is 0 Å². The Bertz CT molecular complexity index is 227. The van der Waals surface area contributed by atoms with Gasteiger partial charge < -0.3 is 24.2 Å². The van der Waals surface area contributed by atoms with Gasteiger partial charge in [-0.2, -0.15) is 0 Å². The molecule has 0 aliphatic carbocycles. The van der Waals surface area contributed by atoms with Crippen molar-refractivity contribution in [3.63, 3.8) is 0 Å². The van der Waals surface area contributed by atoms with Gasteiger partial charge in [-0.1, -0.05) is 0 Å². The van der Waals surface area contributed by atoms with E-state index < -0.39 is 12.4 Å². The van der Waals surface area contributed by atoms with E-state index in [0.29, 0.717) is 11.1 Å². The first-order valence-electron chi connectivity index (χ1n) is 4.85. The summed E-state index contributed by atoms with van der Waals surface area (Å²) in [7, 11) is 5.94. The molecular formula is C9H18NO4+. The van der Waals surface area contributed by atoms with Crippen LogP contribution < -0.4 is 0 Å². The number of quaternary nitrogens is 1. The van der Waals surface area contributed by atoms with Gasteiger partial charge in [0.1, 0.15) is 18.3 Å². The van der Waals surface area contributed by atoms with Crippen LogP contribution in [-0.2, 0) is 9.47 Å². The first-order valence-corrected chi connectivity index (χ1v) is 4.85. The first-order chi connectivity index (χ1) is 6.41. The van der Waals surface area contributed by atoms with E-state index in [0.717, 1.165) is 0 Å². The minimum absolute atomic E-state index is 0.128. The predicted molar refractivity (Wildman–Crippen MR) is 48.4 cm³/mol. The normalized spacial score (nSPS) is 48.2. The van der Waals surface area contributed by atoms with E-state index in [1.165, 1.54) is 0 Å². The second-order valence-electron chi connectivity index (χ2n) is 4.96. The summed E-state index contributed by atoms with van der Waals surface area (Å²) >= 11 is 0. The van der Waals surface area contributed by atoms with Crippen molar-refractivity contribution in [2.75, 3.05) is 27.7 Å². The summed E-state index contributed by atoms with van der Waals surface area (Å²) in [5, 5.41) is 19.3. The van der Waals surface area contributed by atoms with Crippen LogP contribution in [0.1, 0.15) is 0 Å². The number of aliphatic hydroxyl groups is 2. The van der Waals surface area contributed by atoms with Gasteiger partial charge >= 0.3 is 0 Å². The van der Waals surface area contributed by atoms with Crippen molar-refractivity contribution >= 4 is 0 Å². The van der Waals surface area contributed by atoms with Crippen molar-refractivity contribution in [2.45, 2.75) is 30.6 Å². The maximum absolute atomic E-state index is 9.72. The lowest BCUT2D eigenvalue weighted by Gasteiger charge is -2.34. The number of rotatable bonds is 1. The summed E-state index contributed by atoms with van der Waals surface area (Å²) in [4.78, 5) is 0. The molecule has 2 rings (SSSR count). The molecule has 5 nitrogen and oxygen atoms in total. The van der Waals surface area contributed by atoms with E-state index >= 15 is 0 Å². The van der Waals surface area contributed by atoms with Gasteiger partial charge in [0.2, 0.25) is 6.29 Å². The van der Waals surface area contributed by atoms with Gasteiger partial charge in [0.05, 0.1) is 27.7 Å². The third kappa shape index (κ3) is 1.45. The molecule has 2 N–H and O–H groups in total. The molecule has 0 aromatic rings. The van der Waals surface area contributed by atoms with Crippen LogP contribution in [0.25, 0.3) is 0 Å². The van der Waals surface area contributed by atoms with E-state index in [1.807, 2.05) is 21.1 Å². The number of aliphatic hydroxyl groups excluding tert-OH is 2. The van der Waals surface area contributed by atoms with Crippen LogP contribution in [0.5, 0.6) is 0 Å². The molecule has 82 valence electrons. The zero-order valence-corrected chi connectivity index (χ0v) is 8.75. The quantitative estimate of drug-likeness (QED) is 0.512. The molecule has 0 aromatic carbocycles. The number of nitrogens with zero attached hydrogens (tertiary/aromatic N) is 1. The Hall–Kier alpha value is -0.200. The van der Waals surface area contributed by atoms with Gasteiger partial charge in [-0.15, -0.1) is 0 Å². The minimum atomic E-state index is -0.847. The molecule has 0 bridgehead atoms. The highest BCUT2D eigenvalue weighted by Crippen LogP contribution is 2.34. The Morgan fingerprint density at radius 1 is 1.14 bits per heavy atom. The SMILES string of the molecule is C[N+](C)(C)[C@H]1[C@@H]2OC[C@H](O)[C@@H]2O[C@H]1O. The summed E-state index contributed by atoms with van der Waals surface area (Å²) in [6, 6.07) is -0.128. The van der Waals surface area contributed by atoms with Crippen LogP contribution in [0.2, 0.25) is 0 Å². The van der Waals surface area contributed by atoms with E-state index in [-0.39, 0.29) is 18.2 Å². The average Bonchev–Trinajstić information content (AvgIpc) is 2.49. The molecule has 0 radical (unpaired) electrons. The van der Waals surface area contributed by atoms with Crippen LogP contribution in [0.4, 0.5) is 0 Å². The molecule has 0 amide bonds. The molecule has 5 atom stereocenters. The zero-order chi connectivity index (χ0) is 10.5. The molecule has 0 aromatic heterocycles. The largest absolute Gasteiger partial charge is 0.388 e. The van der Waals surface area contributed by atoms with E-state index in [1.54, 1.807) is 0 Å². The lowest BCUT2D eigenvalue weighted by Crippen LogP contribution is -2.55. The number of ether oxygens (including phenoxy) is 2. The second-order valence-corrected chi connectivity index (χ2v) is 4.96. The minimum Gasteiger partial charge on any atom is -0.388 e. The topological polar surface area (TPSA) is 58.9 Å². The lowest BCUT2D eigenvalue weighted by molar-refractivity contribution is -0.903. The van der Waals surface area contributed by atoms with E-state index in [9.17, 15) is 10.2 Å². The van der Waals surface area contributed by atoms with Crippen LogP contribution >= 0.6 is 0 Å². The van der Waals surface area contributed by atoms with Gasteiger partial charge in [-0.05, 0) is 0 Å². The Kier molecular flexibility index (Phi) is 2.32. The molecule has 2 aliphatic rings. The highest BCUT2D eigenvalue weighted by atomic mass is 16.7. The molecular weight excluding hydrogens is 186 g/mol. The third-order valence-electron chi connectivity index (χ3n) is 2.98. The Labute approximate surface area is 83.4 Å². The molecule has 2 aliphatic heterocycles. The zero-order valence-electron chi connectivity index (χ0n) is 8.75. The molecule has 0 unspecified atom stereocenters. The van der Waals surface area contributed by atoms with Gasteiger partial charge in [-0.3, -0.25) is 0 Å². The Balaban J connectivity index is 2.19. The molecule has 2 saturated heterocycles. The molecule has 14 heavy (non-hydrogen) atoms. The molecule has 2 fully saturated rings. The summed E-state index contributed by atoms with van der Waals surface area (Å²) in [6.45, 7) is 0.304. The second kappa shape index (κ2) is 3.15. The standard InChI is InChI=1S/C9H18NO4/c1-10(2,3)6-8-7(14-9(6)12)5(11)4-13-8/h5-9,11-12H,4H2,1-3H3/q+1/t5-,6-,7-,8-,9+/m0/s1. The number of likely N-dealkylation sites (N-methyl/N-ethyl adjacent to an activating group) is 1. The third-order valence-corrected chi connectivity index (χ3v) is 2.98. The van der Waals surface area contributed by atoms with Crippen LogP contribution in [0, 0.1) is 0 Å². The lowest BCUT2D eigenvalue weighted by atomic mass is 10.1. The smallest absolute Gasteiger partial charge is 0.211 e. The van der Waals surface area contributed by atoms with E-state index in [2.05, 4.69) is 0 Å². The van der Waals surface area contributed by atoms with Crippen molar-refractivity contribution in [1.29, 1.82) is 0 Å². The molecule has 5 heteroatoms. The van der Waals surface area contributed by atoms with E-state index in [4.69, 9.17) is 9.47 Å². The summed E-state index contributed by atoms with van der Waals surface area (Å²) in [5.41, 5.74) is 0. The van der Waals surface area contributed by atoms with Gasteiger partial charge in [0, 0.05) is 0 Å². The monoisotopic (exact) mass is 204 g/mol. The number of hydrogen-bond donors (Lipinski definition) is 2. The number of hydrogen-bond acceptors (Lipinski definition) is 4. The summed E-state index contributed by atoms with van der Waals surface area (Å²) in [5.74, 6) is 0. The van der Waals surface area contributed by atoms with Crippen molar-refractivity contribution in [2.24, 2.45) is 0 Å².